The van der Waals surface area contributed by atoms with Crippen LogP contribution in [0.1, 0.15) is 0 Å². The molecule has 0 spiro atoms. The Bertz CT molecular complexity index is 309. The molecule has 1 aromatic carbocycles. The van der Waals surface area contributed by atoms with Gasteiger partial charge in [-0.3, -0.25) is 0 Å². The van der Waals surface area contributed by atoms with Gasteiger partial charge in [-0.1, -0.05) is 6.07 Å². The number of carbonyl (C=O) groups is 1. The first-order valence-electron chi connectivity index (χ1n) is 4.10. The van der Waals surface area contributed by atoms with E-state index in [2.05, 4.69) is 4.74 Å². The van der Waals surface area contributed by atoms with Crippen molar-refractivity contribution in [1.82, 2.24) is 0 Å². The number of methoxy groups -OCH3 is 2. The average Bonchev–Trinajstić information content (AvgIpc) is 2.26. The van der Waals surface area contributed by atoms with Crippen LogP contribution in [0.2, 0.25) is 0 Å². The fraction of sp³-hybridized carbons (Fsp3) is 0.300. The minimum absolute atomic E-state index is 0.0936. The lowest BCUT2D eigenvalue weighted by molar-refractivity contribution is -0.142. The standard InChI is InChI=1S/C10H12O4/c1-12-8-4-3-5-9(6-8)14-7-10(11)13-2/h3-6H,7H2,1-2H3. The zero-order valence-electron chi connectivity index (χ0n) is 8.15. The Labute approximate surface area is 82.4 Å². The van der Waals surface area contributed by atoms with Crippen LogP contribution in [0.15, 0.2) is 24.3 Å². The second-order valence-electron chi connectivity index (χ2n) is 2.54. The summed E-state index contributed by atoms with van der Waals surface area (Å²) in [4.78, 5) is 10.8. The molecule has 76 valence electrons. The molecule has 0 saturated heterocycles. The van der Waals surface area contributed by atoms with Gasteiger partial charge >= 0.3 is 5.97 Å². The second-order valence-corrected chi connectivity index (χ2v) is 2.54. The number of hydrogen-bond donors (Lipinski definition) is 0. The zero-order chi connectivity index (χ0) is 10.4. The molecule has 0 aliphatic rings. The Hall–Kier alpha value is -1.71. The van der Waals surface area contributed by atoms with Crippen LogP contribution in [0, 0.1) is 0 Å². The number of hydrogen-bond acceptors (Lipinski definition) is 4. The van der Waals surface area contributed by atoms with E-state index in [1.165, 1.54) is 7.11 Å². The summed E-state index contributed by atoms with van der Waals surface area (Å²) in [6, 6.07) is 7.02. The molecule has 4 heteroatoms. The highest BCUT2D eigenvalue weighted by molar-refractivity contribution is 5.70. The molecule has 0 saturated carbocycles. The van der Waals surface area contributed by atoms with Gasteiger partial charge in [0.1, 0.15) is 11.5 Å². The van der Waals surface area contributed by atoms with Crippen molar-refractivity contribution in [2.75, 3.05) is 20.8 Å². The van der Waals surface area contributed by atoms with E-state index in [9.17, 15) is 4.79 Å². The molecule has 0 N–H and O–H groups in total. The van der Waals surface area contributed by atoms with Crippen LogP contribution in [0.25, 0.3) is 0 Å². The monoisotopic (exact) mass is 196 g/mol. The highest BCUT2D eigenvalue weighted by Gasteiger charge is 2.01. The number of esters is 1. The van der Waals surface area contributed by atoms with Gasteiger partial charge in [-0.25, -0.2) is 4.79 Å². The minimum Gasteiger partial charge on any atom is -0.497 e. The van der Waals surface area contributed by atoms with E-state index >= 15 is 0 Å². The van der Waals surface area contributed by atoms with Crippen molar-refractivity contribution in [1.29, 1.82) is 0 Å². The lowest BCUT2D eigenvalue weighted by atomic mass is 10.3. The Kier molecular flexibility index (Phi) is 3.79. The molecule has 0 radical (unpaired) electrons. The molecule has 14 heavy (non-hydrogen) atoms. The van der Waals surface area contributed by atoms with Crippen LogP contribution < -0.4 is 9.47 Å². The molecule has 4 nitrogen and oxygen atoms in total. The van der Waals surface area contributed by atoms with Crippen molar-refractivity contribution in [3.05, 3.63) is 24.3 Å². The van der Waals surface area contributed by atoms with Gasteiger partial charge in [-0.2, -0.15) is 0 Å². The van der Waals surface area contributed by atoms with Gasteiger partial charge < -0.3 is 14.2 Å². The third-order valence-corrected chi connectivity index (χ3v) is 1.63. The van der Waals surface area contributed by atoms with Gasteiger partial charge in [0, 0.05) is 6.07 Å². The molecule has 0 bridgehead atoms. The van der Waals surface area contributed by atoms with E-state index in [4.69, 9.17) is 9.47 Å². The minimum atomic E-state index is -0.409. The highest BCUT2D eigenvalue weighted by Crippen LogP contribution is 2.18. The average molecular weight is 196 g/mol. The van der Waals surface area contributed by atoms with Gasteiger partial charge in [-0.05, 0) is 12.1 Å². The molecule has 0 fully saturated rings. The van der Waals surface area contributed by atoms with E-state index < -0.39 is 5.97 Å². The third-order valence-electron chi connectivity index (χ3n) is 1.63. The van der Waals surface area contributed by atoms with E-state index in [1.807, 2.05) is 0 Å². The Morgan fingerprint density at radius 1 is 1.29 bits per heavy atom. The summed E-state index contributed by atoms with van der Waals surface area (Å²) in [7, 11) is 2.89. The molecule has 1 aromatic rings. The molecule has 0 amide bonds. The second kappa shape index (κ2) is 5.11. The Morgan fingerprint density at radius 2 is 2.00 bits per heavy atom. The van der Waals surface area contributed by atoms with E-state index in [0.717, 1.165) is 0 Å². The summed E-state index contributed by atoms with van der Waals surface area (Å²) in [6.45, 7) is -0.0936. The van der Waals surface area contributed by atoms with E-state index in [1.54, 1.807) is 31.4 Å². The highest BCUT2D eigenvalue weighted by atomic mass is 16.6. The molecule has 0 aromatic heterocycles. The van der Waals surface area contributed by atoms with Crippen molar-refractivity contribution in [2.45, 2.75) is 0 Å². The zero-order valence-corrected chi connectivity index (χ0v) is 8.15. The normalized spacial score (nSPS) is 9.29. The maximum Gasteiger partial charge on any atom is 0.343 e. The van der Waals surface area contributed by atoms with Crippen LogP contribution >= 0.6 is 0 Å². The summed E-state index contributed by atoms with van der Waals surface area (Å²) >= 11 is 0. The molecular weight excluding hydrogens is 184 g/mol. The van der Waals surface area contributed by atoms with E-state index in [0.29, 0.717) is 11.5 Å². The molecule has 0 heterocycles. The largest absolute Gasteiger partial charge is 0.497 e. The fourth-order valence-corrected chi connectivity index (χ4v) is 0.892. The van der Waals surface area contributed by atoms with Gasteiger partial charge in [-0.15, -0.1) is 0 Å². The predicted octanol–water partition coefficient (Wildman–Crippen LogP) is 1.25. The van der Waals surface area contributed by atoms with Crippen LogP contribution in [-0.4, -0.2) is 26.8 Å². The molecule has 1 rings (SSSR count). The number of carbonyl (C=O) groups excluding carboxylic acids is 1. The first-order chi connectivity index (χ1) is 6.76. The Morgan fingerprint density at radius 3 is 2.64 bits per heavy atom. The number of ether oxygens (including phenoxy) is 3. The third kappa shape index (κ3) is 2.97. The van der Waals surface area contributed by atoms with Crippen LogP contribution in [0.3, 0.4) is 0 Å². The summed E-state index contributed by atoms with van der Waals surface area (Å²) in [5.41, 5.74) is 0. The predicted molar refractivity (Wildman–Crippen MR) is 50.5 cm³/mol. The molecule has 0 aliphatic heterocycles. The lowest BCUT2D eigenvalue weighted by Gasteiger charge is -2.05. The summed E-state index contributed by atoms with van der Waals surface area (Å²) < 4.78 is 14.6. The van der Waals surface area contributed by atoms with Crippen molar-refractivity contribution in [3.8, 4) is 11.5 Å². The number of benzene rings is 1. The maximum absolute atomic E-state index is 10.8. The van der Waals surface area contributed by atoms with Crippen molar-refractivity contribution in [3.63, 3.8) is 0 Å². The Balaban J connectivity index is 2.54. The molecular formula is C10H12O4. The quantitative estimate of drug-likeness (QED) is 0.680. The van der Waals surface area contributed by atoms with Crippen LogP contribution in [-0.2, 0) is 9.53 Å². The summed E-state index contributed by atoms with van der Waals surface area (Å²) in [6.07, 6.45) is 0. The smallest absolute Gasteiger partial charge is 0.343 e. The first kappa shape index (κ1) is 10.4. The van der Waals surface area contributed by atoms with Crippen LogP contribution in [0.5, 0.6) is 11.5 Å². The fourth-order valence-electron chi connectivity index (χ4n) is 0.892. The maximum atomic E-state index is 10.8. The van der Waals surface area contributed by atoms with Gasteiger partial charge in [0.2, 0.25) is 0 Å². The number of rotatable bonds is 4. The van der Waals surface area contributed by atoms with Gasteiger partial charge in [0.25, 0.3) is 0 Å². The lowest BCUT2D eigenvalue weighted by Crippen LogP contribution is -2.12. The summed E-state index contributed by atoms with van der Waals surface area (Å²) in [5, 5.41) is 0. The molecule has 0 aliphatic carbocycles. The van der Waals surface area contributed by atoms with E-state index in [-0.39, 0.29) is 6.61 Å². The van der Waals surface area contributed by atoms with Crippen molar-refractivity contribution in [2.24, 2.45) is 0 Å². The van der Waals surface area contributed by atoms with Gasteiger partial charge in [0.05, 0.1) is 14.2 Å². The topological polar surface area (TPSA) is 44.8 Å². The summed E-state index contributed by atoms with van der Waals surface area (Å²) in [5.74, 6) is 0.856. The van der Waals surface area contributed by atoms with Gasteiger partial charge in [0.15, 0.2) is 6.61 Å². The van der Waals surface area contributed by atoms with Crippen molar-refractivity contribution >= 4 is 5.97 Å². The van der Waals surface area contributed by atoms with Crippen molar-refractivity contribution < 1.29 is 19.0 Å². The SMILES string of the molecule is COC(=O)COc1cccc(OC)c1. The van der Waals surface area contributed by atoms with Crippen LogP contribution in [0.4, 0.5) is 0 Å². The first-order valence-corrected chi connectivity index (χ1v) is 4.10. The molecule has 0 atom stereocenters. The molecule has 0 unspecified atom stereocenters.